The second-order valence-corrected chi connectivity index (χ2v) is 3.36. The molecule has 1 atom stereocenters. The van der Waals surface area contributed by atoms with Gasteiger partial charge in [0.2, 0.25) is 5.91 Å². The predicted molar refractivity (Wildman–Crippen MR) is 50.6 cm³/mol. The molecule has 0 aromatic carbocycles. The molecule has 1 N–H and O–H groups in total. The van der Waals surface area contributed by atoms with E-state index in [1.54, 1.807) is 19.4 Å². The van der Waals surface area contributed by atoms with Crippen LogP contribution in [0.25, 0.3) is 0 Å². The van der Waals surface area contributed by atoms with Crippen molar-refractivity contribution in [2.75, 3.05) is 6.54 Å². The van der Waals surface area contributed by atoms with Crippen molar-refractivity contribution >= 4 is 17.5 Å². The number of halogens is 1. The van der Waals surface area contributed by atoms with Crippen LogP contribution >= 0.6 is 11.6 Å². The number of carbonyl (C=O) groups is 1. The number of hydrogen-bond donors (Lipinski definition) is 1. The molecule has 5 heteroatoms. The van der Waals surface area contributed by atoms with Crippen LogP contribution in [0, 0.1) is 0 Å². The molecule has 1 aromatic rings. The summed E-state index contributed by atoms with van der Waals surface area (Å²) in [5.41, 5.74) is 0. The second kappa shape index (κ2) is 4.87. The second-order valence-electron chi connectivity index (χ2n) is 2.71. The maximum Gasteiger partial charge on any atom is 0.237 e. The largest absolute Gasteiger partial charge is 0.353 e. The fourth-order valence-electron chi connectivity index (χ4n) is 0.868. The summed E-state index contributed by atoms with van der Waals surface area (Å²) in [5.74, 6) is -0.137. The summed E-state index contributed by atoms with van der Waals surface area (Å²) in [6.45, 7) is 2.94. The number of hydrogen-bond acceptors (Lipinski definition) is 2. The first-order valence-electron chi connectivity index (χ1n) is 4.07. The molecule has 1 aromatic heterocycles. The maximum absolute atomic E-state index is 11.0. The zero-order valence-corrected chi connectivity index (χ0v) is 8.16. The smallest absolute Gasteiger partial charge is 0.237 e. The van der Waals surface area contributed by atoms with Gasteiger partial charge in [0.1, 0.15) is 5.38 Å². The highest BCUT2D eigenvalue weighted by atomic mass is 35.5. The summed E-state index contributed by atoms with van der Waals surface area (Å²) >= 11 is 5.56. The van der Waals surface area contributed by atoms with E-state index < -0.39 is 5.38 Å². The van der Waals surface area contributed by atoms with E-state index >= 15 is 0 Å². The van der Waals surface area contributed by atoms with E-state index in [0.29, 0.717) is 6.54 Å². The number of rotatable bonds is 4. The third kappa shape index (κ3) is 3.46. The van der Waals surface area contributed by atoms with Crippen molar-refractivity contribution < 1.29 is 4.79 Å². The van der Waals surface area contributed by atoms with Gasteiger partial charge in [-0.2, -0.15) is 0 Å². The number of nitrogens with zero attached hydrogens (tertiary/aromatic N) is 2. The lowest BCUT2D eigenvalue weighted by Gasteiger charge is -2.06. The lowest BCUT2D eigenvalue weighted by Crippen LogP contribution is -2.32. The van der Waals surface area contributed by atoms with E-state index in [2.05, 4.69) is 10.3 Å². The Bertz CT molecular complexity index is 258. The van der Waals surface area contributed by atoms with Gasteiger partial charge in [-0.15, -0.1) is 11.6 Å². The molecule has 72 valence electrons. The normalized spacial score (nSPS) is 12.5. The summed E-state index contributed by atoms with van der Waals surface area (Å²) in [6, 6.07) is 0. The molecule has 0 radical (unpaired) electrons. The van der Waals surface area contributed by atoms with Crippen LogP contribution < -0.4 is 5.32 Å². The highest BCUT2D eigenvalue weighted by molar-refractivity contribution is 6.30. The van der Waals surface area contributed by atoms with Crippen LogP contribution in [0.3, 0.4) is 0 Å². The van der Waals surface area contributed by atoms with Crippen LogP contribution in [0.4, 0.5) is 0 Å². The average Bonchev–Trinajstić information content (AvgIpc) is 2.56. The Morgan fingerprint density at radius 3 is 3.08 bits per heavy atom. The van der Waals surface area contributed by atoms with Crippen LogP contribution in [0.5, 0.6) is 0 Å². The topological polar surface area (TPSA) is 46.9 Å². The molecule has 0 aliphatic carbocycles. The van der Waals surface area contributed by atoms with Crippen molar-refractivity contribution in [3.8, 4) is 0 Å². The fourth-order valence-corrected chi connectivity index (χ4v) is 0.945. The molecule has 1 amide bonds. The quantitative estimate of drug-likeness (QED) is 0.727. The number of alkyl halides is 1. The molecule has 1 unspecified atom stereocenters. The molecule has 13 heavy (non-hydrogen) atoms. The van der Waals surface area contributed by atoms with Gasteiger partial charge in [-0.3, -0.25) is 4.79 Å². The van der Waals surface area contributed by atoms with Crippen molar-refractivity contribution in [1.29, 1.82) is 0 Å². The molecule has 0 spiro atoms. The Balaban J connectivity index is 2.18. The van der Waals surface area contributed by atoms with Crippen molar-refractivity contribution in [2.24, 2.45) is 0 Å². The van der Waals surface area contributed by atoms with Gasteiger partial charge in [0.25, 0.3) is 0 Å². The lowest BCUT2D eigenvalue weighted by atomic mass is 10.4. The molecule has 0 aliphatic rings. The summed E-state index contributed by atoms with van der Waals surface area (Å²) < 4.78 is 1.89. The van der Waals surface area contributed by atoms with E-state index in [4.69, 9.17) is 11.6 Å². The number of aromatic nitrogens is 2. The highest BCUT2D eigenvalue weighted by Gasteiger charge is 2.06. The molecular formula is C8H12ClN3O. The van der Waals surface area contributed by atoms with Gasteiger partial charge in [-0.1, -0.05) is 0 Å². The number of carbonyl (C=O) groups excluding carboxylic acids is 1. The summed E-state index contributed by atoms with van der Waals surface area (Å²) in [4.78, 5) is 14.9. The van der Waals surface area contributed by atoms with Gasteiger partial charge in [0.05, 0.1) is 6.33 Å². The molecular weight excluding hydrogens is 190 g/mol. The summed E-state index contributed by atoms with van der Waals surface area (Å²) in [5, 5.41) is 2.23. The molecule has 0 aliphatic heterocycles. The summed E-state index contributed by atoms with van der Waals surface area (Å²) in [7, 11) is 0. The molecule has 0 saturated heterocycles. The van der Waals surface area contributed by atoms with E-state index in [1.165, 1.54) is 0 Å². The van der Waals surface area contributed by atoms with E-state index in [1.807, 2.05) is 10.8 Å². The minimum Gasteiger partial charge on any atom is -0.353 e. The Morgan fingerprint density at radius 1 is 1.77 bits per heavy atom. The minimum atomic E-state index is -0.470. The fraction of sp³-hybridized carbons (Fsp3) is 0.500. The van der Waals surface area contributed by atoms with Crippen LogP contribution in [0.2, 0.25) is 0 Å². The van der Waals surface area contributed by atoms with Gasteiger partial charge in [-0.05, 0) is 6.92 Å². The standard InChI is InChI=1S/C8H12ClN3O/c1-7(9)8(13)11-3-5-12-4-2-10-6-12/h2,4,6-7H,3,5H2,1H3,(H,11,13). The number of amides is 1. The molecule has 0 saturated carbocycles. The van der Waals surface area contributed by atoms with Crippen molar-refractivity contribution in [3.63, 3.8) is 0 Å². The van der Waals surface area contributed by atoms with Crippen LogP contribution in [-0.4, -0.2) is 27.4 Å². The SMILES string of the molecule is CC(Cl)C(=O)NCCn1ccnc1. The number of nitrogens with one attached hydrogen (secondary N) is 1. The van der Waals surface area contributed by atoms with Crippen molar-refractivity contribution in [1.82, 2.24) is 14.9 Å². The third-order valence-corrected chi connectivity index (χ3v) is 1.79. The first-order chi connectivity index (χ1) is 6.20. The van der Waals surface area contributed by atoms with E-state index in [-0.39, 0.29) is 5.91 Å². The van der Waals surface area contributed by atoms with Gasteiger partial charge < -0.3 is 9.88 Å². The Morgan fingerprint density at radius 2 is 2.54 bits per heavy atom. The van der Waals surface area contributed by atoms with Crippen molar-refractivity contribution in [2.45, 2.75) is 18.8 Å². The van der Waals surface area contributed by atoms with Gasteiger partial charge >= 0.3 is 0 Å². The average molecular weight is 202 g/mol. The zero-order valence-electron chi connectivity index (χ0n) is 7.40. The van der Waals surface area contributed by atoms with Gasteiger partial charge in [0, 0.05) is 25.5 Å². The third-order valence-electron chi connectivity index (χ3n) is 1.59. The Labute approximate surface area is 81.9 Å². The monoisotopic (exact) mass is 201 g/mol. The lowest BCUT2D eigenvalue weighted by molar-refractivity contribution is -0.120. The molecule has 1 heterocycles. The van der Waals surface area contributed by atoms with Crippen molar-refractivity contribution in [3.05, 3.63) is 18.7 Å². The highest BCUT2D eigenvalue weighted by Crippen LogP contribution is 1.92. The molecule has 0 bridgehead atoms. The molecule has 1 rings (SSSR count). The van der Waals surface area contributed by atoms with Gasteiger partial charge in [-0.25, -0.2) is 4.98 Å². The minimum absolute atomic E-state index is 0.137. The van der Waals surface area contributed by atoms with Gasteiger partial charge in [0.15, 0.2) is 0 Å². The van der Waals surface area contributed by atoms with Crippen LogP contribution in [0.1, 0.15) is 6.92 Å². The Hall–Kier alpha value is -1.03. The number of imidazole rings is 1. The first kappa shape index (κ1) is 10.1. The zero-order chi connectivity index (χ0) is 9.68. The van der Waals surface area contributed by atoms with Crippen LogP contribution in [-0.2, 0) is 11.3 Å². The predicted octanol–water partition coefficient (Wildman–Crippen LogP) is 0.627. The Kier molecular flexibility index (Phi) is 3.76. The van der Waals surface area contributed by atoms with E-state index in [0.717, 1.165) is 6.54 Å². The first-order valence-corrected chi connectivity index (χ1v) is 4.51. The molecule has 4 nitrogen and oxygen atoms in total. The van der Waals surface area contributed by atoms with E-state index in [9.17, 15) is 4.79 Å². The van der Waals surface area contributed by atoms with Crippen LogP contribution in [0.15, 0.2) is 18.7 Å². The maximum atomic E-state index is 11.0. The summed E-state index contributed by atoms with van der Waals surface area (Å²) in [6.07, 6.45) is 5.25. The molecule has 0 fully saturated rings.